The minimum atomic E-state index is 0.253. The summed E-state index contributed by atoms with van der Waals surface area (Å²) in [6.07, 6.45) is 10.8. The second-order valence-corrected chi connectivity index (χ2v) is 6.41. The predicted octanol–water partition coefficient (Wildman–Crippen LogP) is 1.20. The maximum absolute atomic E-state index is 5.95. The number of nitrogens with zero attached hydrogens (tertiary/aromatic N) is 3. The zero-order valence-electron chi connectivity index (χ0n) is 12.5. The molecule has 1 aliphatic heterocycles. The summed E-state index contributed by atoms with van der Waals surface area (Å²) in [6.45, 7) is 2.47. The standard InChI is InChI=1S/C15H27N5/c1-19-11-6-13(18-19)12-14(17-16)15(7-2-3-8-15)20-9-4-5-10-20/h6,11,14,17H,2-5,7-10,12,16H2,1H3. The molecule has 5 heteroatoms. The molecule has 1 aromatic rings. The van der Waals surface area contributed by atoms with Crippen molar-refractivity contribution < 1.29 is 0 Å². The molecular weight excluding hydrogens is 250 g/mol. The minimum Gasteiger partial charge on any atom is -0.296 e. The minimum absolute atomic E-state index is 0.253. The van der Waals surface area contributed by atoms with Crippen LogP contribution in [0.1, 0.15) is 44.2 Å². The lowest BCUT2D eigenvalue weighted by atomic mass is 9.84. The van der Waals surface area contributed by atoms with Gasteiger partial charge in [0.25, 0.3) is 0 Å². The number of aryl methyl sites for hydroxylation is 1. The number of hydrazine groups is 1. The molecule has 0 radical (unpaired) electrons. The summed E-state index contributed by atoms with van der Waals surface area (Å²) in [4.78, 5) is 2.70. The molecule has 20 heavy (non-hydrogen) atoms. The lowest BCUT2D eigenvalue weighted by Gasteiger charge is -2.44. The van der Waals surface area contributed by atoms with Crippen molar-refractivity contribution in [2.45, 2.75) is 56.5 Å². The van der Waals surface area contributed by atoms with Crippen molar-refractivity contribution in [3.05, 3.63) is 18.0 Å². The molecule has 1 unspecified atom stereocenters. The molecular formula is C15H27N5. The monoisotopic (exact) mass is 277 g/mol. The number of nitrogens with one attached hydrogen (secondary N) is 1. The average Bonchev–Trinajstić information content (AvgIpc) is 3.17. The first kappa shape index (κ1) is 14.0. The second kappa shape index (κ2) is 5.84. The Bertz CT molecular complexity index is 429. The van der Waals surface area contributed by atoms with E-state index in [4.69, 9.17) is 5.84 Å². The topological polar surface area (TPSA) is 59.1 Å². The van der Waals surface area contributed by atoms with E-state index in [0.717, 1.165) is 12.1 Å². The molecule has 3 N–H and O–H groups in total. The van der Waals surface area contributed by atoms with E-state index in [9.17, 15) is 0 Å². The molecule has 1 saturated heterocycles. The Morgan fingerprint density at radius 2 is 2.00 bits per heavy atom. The van der Waals surface area contributed by atoms with Crippen LogP contribution in [0.5, 0.6) is 0 Å². The fraction of sp³-hybridized carbons (Fsp3) is 0.800. The van der Waals surface area contributed by atoms with E-state index >= 15 is 0 Å². The SMILES string of the molecule is Cn1ccc(CC(NN)C2(N3CCCC3)CCCC2)n1. The molecule has 1 saturated carbocycles. The number of nitrogens with two attached hydrogens (primary N) is 1. The highest BCUT2D eigenvalue weighted by Crippen LogP contribution is 2.40. The van der Waals surface area contributed by atoms with Crippen LogP contribution in [0.2, 0.25) is 0 Å². The van der Waals surface area contributed by atoms with Crippen LogP contribution < -0.4 is 11.3 Å². The Labute approximate surface area is 121 Å². The second-order valence-electron chi connectivity index (χ2n) is 6.41. The van der Waals surface area contributed by atoms with Crippen molar-refractivity contribution in [1.82, 2.24) is 20.1 Å². The van der Waals surface area contributed by atoms with Crippen LogP contribution in [-0.4, -0.2) is 39.4 Å². The molecule has 1 atom stereocenters. The highest BCUT2D eigenvalue weighted by atomic mass is 15.3. The summed E-state index contributed by atoms with van der Waals surface area (Å²) in [5.41, 5.74) is 4.52. The Hall–Kier alpha value is -0.910. The summed E-state index contributed by atoms with van der Waals surface area (Å²) in [7, 11) is 1.97. The van der Waals surface area contributed by atoms with Gasteiger partial charge in [-0.05, 0) is 44.8 Å². The van der Waals surface area contributed by atoms with E-state index in [-0.39, 0.29) is 5.54 Å². The van der Waals surface area contributed by atoms with Gasteiger partial charge in [0.05, 0.1) is 5.69 Å². The lowest BCUT2D eigenvalue weighted by Crippen LogP contribution is -2.61. The van der Waals surface area contributed by atoms with E-state index < -0.39 is 0 Å². The van der Waals surface area contributed by atoms with Gasteiger partial charge in [-0.3, -0.25) is 20.9 Å². The van der Waals surface area contributed by atoms with Crippen LogP contribution in [0.15, 0.2) is 12.3 Å². The molecule has 3 rings (SSSR count). The van der Waals surface area contributed by atoms with Crippen molar-refractivity contribution in [1.29, 1.82) is 0 Å². The Kier molecular flexibility index (Phi) is 4.10. The van der Waals surface area contributed by atoms with E-state index in [1.165, 1.54) is 51.6 Å². The third-order valence-electron chi connectivity index (χ3n) is 5.24. The van der Waals surface area contributed by atoms with E-state index in [1.54, 1.807) is 0 Å². The summed E-state index contributed by atoms with van der Waals surface area (Å²) < 4.78 is 1.88. The Morgan fingerprint density at radius 3 is 2.55 bits per heavy atom. The first-order valence-corrected chi connectivity index (χ1v) is 7.94. The molecule has 2 fully saturated rings. The normalized spacial score (nSPS) is 24.3. The molecule has 0 amide bonds. The van der Waals surface area contributed by atoms with Gasteiger partial charge < -0.3 is 0 Å². The molecule has 0 aromatic carbocycles. The van der Waals surface area contributed by atoms with Crippen molar-refractivity contribution in [2.75, 3.05) is 13.1 Å². The van der Waals surface area contributed by atoms with Crippen molar-refractivity contribution in [3.63, 3.8) is 0 Å². The highest BCUT2D eigenvalue weighted by molar-refractivity contribution is 5.10. The molecule has 5 nitrogen and oxygen atoms in total. The molecule has 1 aliphatic carbocycles. The molecule has 0 spiro atoms. The smallest absolute Gasteiger partial charge is 0.0641 e. The highest BCUT2D eigenvalue weighted by Gasteiger charge is 2.46. The summed E-state index contributed by atoms with van der Waals surface area (Å²) >= 11 is 0. The van der Waals surface area contributed by atoms with Crippen molar-refractivity contribution >= 4 is 0 Å². The van der Waals surface area contributed by atoms with Gasteiger partial charge in [-0.25, -0.2) is 0 Å². The maximum Gasteiger partial charge on any atom is 0.0641 e. The number of likely N-dealkylation sites (tertiary alicyclic amines) is 1. The van der Waals surface area contributed by atoms with Gasteiger partial charge in [0, 0.05) is 31.2 Å². The zero-order chi connectivity index (χ0) is 14.0. The van der Waals surface area contributed by atoms with Crippen LogP contribution >= 0.6 is 0 Å². The Morgan fingerprint density at radius 1 is 1.30 bits per heavy atom. The summed E-state index contributed by atoms with van der Waals surface area (Å²) in [6, 6.07) is 2.41. The Balaban J connectivity index is 1.80. The number of aromatic nitrogens is 2. The number of hydrogen-bond donors (Lipinski definition) is 2. The van der Waals surface area contributed by atoms with Crippen LogP contribution in [-0.2, 0) is 13.5 Å². The first-order chi connectivity index (χ1) is 9.74. The molecule has 0 bridgehead atoms. The number of hydrogen-bond acceptors (Lipinski definition) is 4. The maximum atomic E-state index is 5.95. The van der Waals surface area contributed by atoms with Crippen LogP contribution in [0.3, 0.4) is 0 Å². The van der Waals surface area contributed by atoms with E-state index in [2.05, 4.69) is 21.5 Å². The van der Waals surface area contributed by atoms with Gasteiger partial charge in [-0.15, -0.1) is 0 Å². The quantitative estimate of drug-likeness (QED) is 0.627. The third kappa shape index (κ3) is 2.50. The van der Waals surface area contributed by atoms with Gasteiger partial charge in [-0.1, -0.05) is 12.8 Å². The predicted molar refractivity (Wildman–Crippen MR) is 80.0 cm³/mol. The largest absolute Gasteiger partial charge is 0.296 e. The fourth-order valence-corrected chi connectivity index (χ4v) is 4.22. The average molecular weight is 277 g/mol. The van der Waals surface area contributed by atoms with Crippen molar-refractivity contribution in [2.24, 2.45) is 12.9 Å². The van der Waals surface area contributed by atoms with Gasteiger partial charge >= 0.3 is 0 Å². The van der Waals surface area contributed by atoms with Gasteiger partial charge in [0.1, 0.15) is 0 Å². The van der Waals surface area contributed by atoms with E-state index in [1.807, 2.05) is 17.9 Å². The van der Waals surface area contributed by atoms with Gasteiger partial charge in [0.2, 0.25) is 0 Å². The molecule has 2 heterocycles. The molecule has 1 aromatic heterocycles. The lowest BCUT2D eigenvalue weighted by molar-refractivity contribution is 0.0762. The summed E-state index contributed by atoms with van der Waals surface area (Å²) in [5.74, 6) is 5.95. The van der Waals surface area contributed by atoms with Crippen LogP contribution in [0.25, 0.3) is 0 Å². The molecule has 112 valence electrons. The summed E-state index contributed by atoms with van der Waals surface area (Å²) in [5, 5.41) is 4.53. The first-order valence-electron chi connectivity index (χ1n) is 7.94. The number of rotatable bonds is 5. The fourth-order valence-electron chi connectivity index (χ4n) is 4.22. The van der Waals surface area contributed by atoms with Gasteiger partial charge in [-0.2, -0.15) is 5.10 Å². The third-order valence-corrected chi connectivity index (χ3v) is 5.24. The zero-order valence-corrected chi connectivity index (χ0v) is 12.5. The van der Waals surface area contributed by atoms with Crippen molar-refractivity contribution in [3.8, 4) is 0 Å². The van der Waals surface area contributed by atoms with Gasteiger partial charge in [0.15, 0.2) is 0 Å². The molecule has 2 aliphatic rings. The van der Waals surface area contributed by atoms with Crippen LogP contribution in [0.4, 0.5) is 0 Å². The van der Waals surface area contributed by atoms with E-state index in [0.29, 0.717) is 6.04 Å². The van der Waals surface area contributed by atoms with Crippen LogP contribution in [0, 0.1) is 0 Å².